The predicted molar refractivity (Wildman–Crippen MR) is 72.8 cm³/mol. The van der Waals surface area contributed by atoms with Crippen LogP contribution in [0.5, 0.6) is 5.88 Å². The van der Waals surface area contributed by atoms with Gasteiger partial charge in [0.15, 0.2) is 5.52 Å². The zero-order valence-corrected chi connectivity index (χ0v) is 11.1. The zero-order valence-electron chi connectivity index (χ0n) is 11.1. The Hall–Kier alpha value is -1.64. The lowest BCUT2D eigenvalue weighted by Crippen LogP contribution is -2.33. The first-order valence-electron chi connectivity index (χ1n) is 6.57. The number of imidazole rings is 1. The van der Waals surface area contributed by atoms with Crippen molar-refractivity contribution in [2.45, 2.75) is 31.4 Å². The highest BCUT2D eigenvalue weighted by atomic mass is 16.5. The van der Waals surface area contributed by atoms with Gasteiger partial charge < -0.3 is 24.5 Å². The molecule has 106 valence electrons. The molecule has 1 aliphatic carbocycles. The maximum atomic E-state index is 10.0. The Balaban J connectivity index is 2.16. The monoisotopic (exact) mass is 277 g/mol. The molecule has 0 saturated heterocycles. The highest BCUT2D eigenvalue weighted by molar-refractivity contribution is 6.57. The Labute approximate surface area is 116 Å². The molecule has 2 unspecified atom stereocenters. The summed E-state index contributed by atoms with van der Waals surface area (Å²) in [5.41, 5.74) is 1.34. The molecule has 1 aliphatic rings. The smallest absolute Gasteiger partial charge is 0.479 e. The molecule has 3 N–H and O–H groups in total. The fraction of sp³-hybridized carbons (Fsp3) is 0.500. The highest BCUT2D eigenvalue weighted by Crippen LogP contribution is 2.33. The van der Waals surface area contributed by atoms with Crippen molar-refractivity contribution in [2.24, 2.45) is 0 Å². The molecule has 2 atom stereocenters. The Morgan fingerprint density at radius 2 is 2.20 bits per heavy atom. The molecule has 0 spiro atoms. The molecule has 2 aromatic rings. The lowest BCUT2D eigenvalue weighted by molar-refractivity contribution is 0.138. The van der Waals surface area contributed by atoms with Crippen LogP contribution in [0.25, 0.3) is 11.0 Å². The van der Waals surface area contributed by atoms with Crippen molar-refractivity contribution in [3.63, 3.8) is 0 Å². The van der Waals surface area contributed by atoms with Crippen LogP contribution in [-0.4, -0.2) is 50.0 Å². The molecular formula is C12H16BN3O4. The first-order valence-corrected chi connectivity index (χ1v) is 6.57. The maximum Gasteiger partial charge on any atom is 0.508 e. The number of fused-ring (bicyclic) bond motifs is 1. The first kappa shape index (κ1) is 13.4. The second-order valence-electron chi connectivity index (χ2n) is 5.02. The molecule has 1 fully saturated rings. The van der Waals surface area contributed by atoms with E-state index < -0.39 is 13.2 Å². The Morgan fingerprint density at radius 3 is 2.80 bits per heavy atom. The van der Waals surface area contributed by atoms with Gasteiger partial charge in [-0.3, -0.25) is 0 Å². The lowest BCUT2D eigenvalue weighted by atomic mass is 9.85. The third kappa shape index (κ3) is 2.05. The molecule has 3 rings (SSSR count). The Bertz CT molecular complexity index is 630. The van der Waals surface area contributed by atoms with Crippen LogP contribution in [0.1, 0.15) is 25.3 Å². The molecule has 0 aromatic carbocycles. The van der Waals surface area contributed by atoms with Gasteiger partial charge in [-0.2, -0.15) is 0 Å². The summed E-state index contributed by atoms with van der Waals surface area (Å²) in [7, 11) is -0.219. The summed E-state index contributed by atoms with van der Waals surface area (Å²) in [4.78, 5) is 8.29. The minimum atomic E-state index is -1.68. The standard InChI is InChI=1S/C12H16BN3O4/c1-20-12-11-8(5-10(15-12)13(18)19)16(6-14-11)7-3-2-4-9(7)17/h5-7,9,17-19H,2-4H2,1H3. The molecule has 8 heteroatoms. The summed E-state index contributed by atoms with van der Waals surface area (Å²) >= 11 is 0. The lowest BCUT2D eigenvalue weighted by Gasteiger charge is -2.17. The average molecular weight is 277 g/mol. The number of aliphatic hydroxyl groups is 1. The molecular weight excluding hydrogens is 261 g/mol. The van der Waals surface area contributed by atoms with Crippen molar-refractivity contribution < 1.29 is 19.9 Å². The van der Waals surface area contributed by atoms with Gasteiger partial charge in [-0.25, -0.2) is 9.97 Å². The maximum absolute atomic E-state index is 10.0. The van der Waals surface area contributed by atoms with Crippen molar-refractivity contribution >= 4 is 23.7 Å². The van der Waals surface area contributed by atoms with Gasteiger partial charge >= 0.3 is 7.12 Å². The van der Waals surface area contributed by atoms with Crippen molar-refractivity contribution in [2.75, 3.05) is 7.11 Å². The van der Waals surface area contributed by atoms with E-state index in [1.165, 1.54) is 7.11 Å². The van der Waals surface area contributed by atoms with E-state index in [-0.39, 0.29) is 17.5 Å². The van der Waals surface area contributed by atoms with E-state index >= 15 is 0 Å². The number of pyridine rings is 1. The van der Waals surface area contributed by atoms with Gasteiger partial charge in [0.2, 0.25) is 5.88 Å². The second kappa shape index (κ2) is 5.04. The van der Waals surface area contributed by atoms with Gasteiger partial charge in [0.25, 0.3) is 0 Å². The molecule has 0 amide bonds. The van der Waals surface area contributed by atoms with Crippen LogP contribution >= 0.6 is 0 Å². The van der Waals surface area contributed by atoms with Crippen LogP contribution < -0.4 is 10.3 Å². The molecule has 0 radical (unpaired) electrons. The van der Waals surface area contributed by atoms with Gasteiger partial charge in [0, 0.05) is 0 Å². The molecule has 1 saturated carbocycles. The third-order valence-electron chi connectivity index (χ3n) is 3.81. The molecule has 2 heterocycles. The Morgan fingerprint density at radius 1 is 1.40 bits per heavy atom. The van der Waals surface area contributed by atoms with E-state index in [0.717, 1.165) is 19.3 Å². The number of aliphatic hydroxyl groups excluding tert-OH is 1. The summed E-state index contributed by atoms with van der Waals surface area (Å²) < 4.78 is 7.01. The highest BCUT2D eigenvalue weighted by Gasteiger charge is 2.29. The number of methoxy groups -OCH3 is 1. The van der Waals surface area contributed by atoms with Crippen molar-refractivity contribution in [3.8, 4) is 5.88 Å². The molecule has 7 nitrogen and oxygen atoms in total. The largest absolute Gasteiger partial charge is 0.508 e. The number of rotatable bonds is 3. The van der Waals surface area contributed by atoms with Crippen molar-refractivity contribution in [3.05, 3.63) is 12.4 Å². The van der Waals surface area contributed by atoms with Gasteiger partial charge in [-0.15, -0.1) is 0 Å². The van der Waals surface area contributed by atoms with Crippen LogP contribution in [0.3, 0.4) is 0 Å². The minimum absolute atomic E-state index is 0.0456. The molecule has 2 aromatic heterocycles. The van der Waals surface area contributed by atoms with Crippen molar-refractivity contribution in [1.82, 2.24) is 14.5 Å². The molecule has 20 heavy (non-hydrogen) atoms. The fourth-order valence-corrected chi connectivity index (χ4v) is 2.81. The SMILES string of the molecule is COc1nc(B(O)O)cc2c1ncn2C1CCCC1O. The number of ether oxygens (including phenoxy) is 1. The summed E-state index contributed by atoms with van der Waals surface area (Å²) in [6.07, 6.45) is 3.83. The minimum Gasteiger partial charge on any atom is -0.479 e. The quantitative estimate of drug-likeness (QED) is 0.635. The summed E-state index contributed by atoms with van der Waals surface area (Å²) in [5.74, 6) is 0.247. The normalized spacial score (nSPS) is 22.4. The van der Waals surface area contributed by atoms with E-state index in [1.807, 2.05) is 4.57 Å². The number of hydrogen-bond acceptors (Lipinski definition) is 6. The number of nitrogens with zero attached hydrogens (tertiary/aromatic N) is 3. The van der Waals surface area contributed by atoms with Gasteiger partial charge in [0.05, 0.1) is 36.7 Å². The first-order chi connectivity index (χ1) is 9.61. The van der Waals surface area contributed by atoms with Gasteiger partial charge in [-0.1, -0.05) is 0 Å². The average Bonchev–Trinajstić information content (AvgIpc) is 3.03. The van der Waals surface area contributed by atoms with Crippen molar-refractivity contribution in [1.29, 1.82) is 0 Å². The molecule has 0 aliphatic heterocycles. The number of hydrogen-bond donors (Lipinski definition) is 3. The topological polar surface area (TPSA) is 101 Å². The van der Waals surface area contributed by atoms with Crippen LogP contribution in [0.2, 0.25) is 0 Å². The van der Waals surface area contributed by atoms with Gasteiger partial charge in [-0.05, 0) is 25.3 Å². The third-order valence-corrected chi connectivity index (χ3v) is 3.81. The van der Waals surface area contributed by atoms with E-state index in [2.05, 4.69) is 9.97 Å². The van der Waals surface area contributed by atoms with Crippen LogP contribution in [0.15, 0.2) is 12.4 Å². The fourth-order valence-electron chi connectivity index (χ4n) is 2.81. The summed E-state index contributed by atoms with van der Waals surface area (Å²) in [6, 6.07) is 1.52. The molecule has 0 bridgehead atoms. The summed E-state index contributed by atoms with van der Waals surface area (Å²) in [6.45, 7) is 0. The predicted octanol–water partition coefficient (Wildman–Crippen LogP) is -0.794. The second-order valence-corrected chi connectivity index (χ2v) is 5.02. The van der Waals surface area contributed by atoms with E-state index in [4.69, 9.17) is 4.74 Å². The van der Waals surface area contributed by atoms with Gasteiger partial charge in [0.1, 0.15) is 0 Å². The van der Waals surface area contributed by atoms with E-state index in [9.17, 15) is 15.2 Å². The Kier molecular flexibility index (Phi) is 3.37. The van der Waals surface area contributed by atoms with E-state index in [1.54, 1.807) is 12.4 Å². The van der Waals surface area contributed by atoms with Crippen LogP contribution in [0.4, 0.5) is 0 Å². The van der Waals surface area contributed by atoms with E-state index in [0.29, 0.717) is 11.0 Å². The summed E-state index contributed by atoms with van der Waals surface area (Å²) in [5, 5.41) is 28.6. The van der Waals surface area contributed by atoms with Crippen LogP contribution in [0, 0.1) is 0 Å². The zero-order chi connectivity index (χ0) is 14.3. The van der Waals surface area contributed by atoms with Crippen LogP contribution in [-0.2, 0) is 0 Å². The number of aromatic nitrogens is 3.